The number of halogens is 1. The molecule has 1 unspecified atom stereocenters. The Morgan fingerprint density at radius 3 is 2.42 bits per heavy atom. The van der Waals surface area contributed by atoms with Crippen LogP contribution in [-0.4, -0.2) is 33.3 Å². The molecule has 0 saturated heterocycles. The van der Waals surface area contributed by atoms with Crippen LogP contribution >= 0.6 is 0 Å². The summed E-state index contributed by atoms with van der Waals surface area (Å²) in [6.07, 6.45) is 1.44. The van der Waals surface area contributed by atoms with E-state index in [-0.39, 0.29) is 24.2 Å². The summed E-state index contributed by atoms with van der Waals surface area (Å²) in [5.41, 5.74) is 1.71. The van der Waals surface area contributed by atoms with Crippen LogP contribution in [0.3, 0.4) is 0 Å². The van der Waals surface area contributed by atoms with Gasteiger partial charge in [0.15, 0.2) is 0 Å². The number of hydrogen-bond acceptors (Lipinski definition) is 3. The Labute approximate surface area is 139 Å². The Balaban J connectivity index is 2.29. The van der Waals surface area contributed by atoms with Gasteiger partial charge in [-0.25, -0.2) is 9.07 Å². The number of hydrogen-bond donors (Lipinski definition) is 2. The van der Waals surface area contributed by atoms with E-state index in [1.165, 1.54) is 25.3 Å². The van der Waals surface area contributed by atoms with E-state index in [0.29, 0.717) is 16.9 Å². The largest absolute Gasteiger partial charge is 0.481 e. The Kier molecular flexibility index (Phi) is 5.33. The van der Waals surface area contributed by atoms with Crippen molar-refractivity contribution < 1.29 is 19.1 Å². The summed E-state index contributed by atoms with van der Waals surface area (Å²) in [7, 11) is 0. The SMILES string of the molecule is CC(CNC(=O)c1cnn(-c2ccc(F)cc2)c1C(C)C)C(=O)O. The van der Waals surface area contributed by atoms with Gasteiger partial charge in [0.05, 0.1) is 29.1 Å². The summed E-state index contributed by atoms with van der Waals surface area (Å²) in [6.45, 7) is 5.41. The standard InChI is InChI=1S/C17H20FN3O3/c1-10(2)15-14(16(22)19-8-11(3)17(23)24)9-20-21(15)13-6-4-12(18)5-7-13/h4-7,9-11H,8H2,1-3H3,(H,19,22)(H,23,24). The van der Waals surface area contributed by atoms with E-state index in [1.807, 2.05) is 13.8 Å². The molecule has 0 saturated carbocycles. The zero-order valence-electron chi connectivity index (χ0n) is 13.8. The number of amides is 1. The maximum Gasteiger partial charge on any atom is 0.308 e. The molecule has 1 heterocycles. The smallest absolute Gasteiger partial charge is 0.308 e. The fourth-order valence-corrected chi connectivity index (χ4v) is 2.30. The van der Waals surface area contributed by atoms with E-state index < -0.39 is 11.9 Å². The van der Waals surface area contributed by atoms with Gasteiger partial charge in [-0.05, 0) is 30.2 Å². The first-order valence-electron chi connectivity index (χ1n) is 7.66. The van der Waals surface area contributed by atoms with Crippen molar-refractivity contribution in [1.29, 1.82) is 0 Å². The third kappa shape index (κ3) is 3.79. The summed E-state index contributed by atoms with van der Waals surface area (Å²) in [5, 5.41) is 15.7. The molecule has 2 rings (SSSR count). The number of benzene rings is 1. The Morgan fingerprint density at radius 2 is 1.88 bits per heavy atom. The van der Waals surface area contributed by atoms with Crippen LogP contribution in [0.1, 0.15) is 42.7 Å². The molecule has 7 heteroatoms. The molecule has 0 radical (unpaired) electrons. The van der Waals surface area contributed by atoms with Crippen LogP contribution in [-0.2, 0) is 4.79 Å². The highest BCUT2D eigenvalue weighted by molar-refractivity contribution is 5.95. The van der Waals surface area contributed by atoms with Gasteiger partial charge in [-0.3, -0.25) is 9.59 Å². The van der Waals surface area contributed by atoms with Gasteiger partial charge in [-0.2, -0.15) is 5.10 Å². The quantitative estimate of drug-likeness (QED) is 0.851. The monoisotopic (exact) mass is 333 g/mol. The zero-order chi connectivity index (χ0) is 17.9. The topological polar surface area (TPSA) is 84.2 Å². The Bertz CT molecular complexity index is 738. The average molecular weight is 333 g/mol. The predicted molar refractivity (Wildman–Crippen MR) is 86.7 cm³/mol. The second-order valence-corrected chi connectivity index (χ2v) is 5.94. The van der Waals surface area contributed by atoms with E-state index in [2.05, 4.69) is 10.4 Å². The van der Waals surface area contributed by atoms with Gasteiger partial charge in [-0.15, -0.1) is 0 Å². The number of carbonyl (C=O) groups is 2. The lowest BCUT2D eigenvalue weighted by Crippen LogP contribution is -2.32. The van der Waals surface area contributed by atoms with E-state index in [1.54, 1.807) is 16.8 Å². The molecule has 0 fully saturated rings. The van der Waals surface area contributed by atoms with Crippen molar-refractivity contribution in [3.05, 3.63) is 47.5 Å². The van der Waals surface area contributed by atoms with Gasteiger partial charge in [0.1, 0.15) is 5.82 Å². The van der Waals surface area contributed by atoms with Crippen molar-refractivity contribution in [3.8, 4) is 5.69 Å². The molecule has 1 amide bonds. The predicted octanol–water partition coefficient (Wildman–Crippen LogP) is 2.59. The van der Waals surface area contributed by atoms with Gasteiger partial charge >= 0.3 is 5.97 Å². The van der Waals surface area contributed by atoms with E-state index in [9.17, 15) is 14.0 Å². The van der Waals surface area contributed by atoms with E-state index >= 15 is 0 Å². The first-order valence-corrected chi connectivity index (χ1v) is 7.66. The number of nitrogens with zero attached hydrogens (tertiary/aromatic N) is 2. The minimum atomic E-state index is -0.971. The van der Waals surface area contributed by atoms with Crippen LogP contribution in [0.25, 0.3) is 5.69 Å². The first kappa shape index (κ1) is 17.7. The summed E-state index contributed by atoms with van der Waals surface area (Å²) in [6, 6.07) is 5.83. The van der Waals surface area contributed by atoms with E-state index in [4.69, 9.17) is 5.11 Å². The molecule has 6 nitrogen and oxygen atoms in total. The first-order chi connectivity index (χ1) is 11.3. The molecule has 0 aliphatic carbocycles. The molecular formula is C17H20FN3O3. The zero-order valence-corrected chi connectivity index (χ0v) is 13.8. The third-order valence-corrected chi connectivity index (χ3v) is 3.66. The van der Waals surface area contributed by atoms with Crippen LogP contribution in [0.15, 0.2) is 30.5 Å². The molecule has 1 aromatic carbocycles. The highest BCUT2D eigenvalue weighted by atomic mass is 19.1. The lowest BCUT2D eigenvalue weighted by atomic mass is 10.0. The van der Waals surface area contributed by atoms with Gasteiger partial charge < -0.3 is 10.4 Å². The summed E-state index contributed by atoms with van der Waals surface area (Å²) >= 11 is 0. The van der Waals surface area contributed by atoms with Crippen LogP contribution in [0, 0.1) is 11.7 Å². The molecular weight excluding hydrogens is 313 g/mol. The Hall–Kier alpha value is -2.70. The van der Waals surface area contributed by atoms with Crippen LogP contribution in [0.4, 0.5) is 4.39 Å². The van der Waals surface area contributed by atoms with Gasteiger partial charge in [0.25, 0.3) is 5.91 Å². The lowest BCUT2D eigenvalue weighted by molar-refractivity contribution is -0.140. The number of aromatic nitrogens is 2. The van der Waals surface area contributed by atoms with Crippen LogP contribution in [0.2, 0.25) is 0 Å². The number of rotatable bonds is 6. The number of carbonyl (C=O) groups excluding carboxylic acids is 1. The molecule has 2 N–H and O–H groups in total. The highest BCUT2D eigenvalue weighted by Crippen LogP contribution is 2.23. The molecule has 128 valence electrons. The normalized spacial score (nSPS) is 12.2. The molecule has 0 spiro atoms. The molecule has 1 aromatic heterocycles. The lowest BCUT2D eigenvalue weighted by Gasteiger charge is -2.13. The average Bonchev–Trinajstić information content (AvgIpc) is 2.98. The summed E-state index contributed by atoms with van der Waals surface area (Å²) in [4.78, 5) is 23.2. The van der Waals surface area contributed by atoms with Gasteiger partial charge in [0.2, 0.25) is 0 Å². The maximum atomic E-state index is 13.1. The third-order valence-electron chi connectivity index (χ3n) is 3.66. The fraction of sp³-hybridized carbons (Fsp3) is 0.353. The highest BCUT2D eigenvalue weighted by Gasteiger charge is 2.22. The number of aliphatic carboxylic acids is 1. The van der Waals surface area contributed by atoms with Crippen molar-refractivity contribution in [1.82, 2.24) is 15.1 Å². The van der Waals surface area contributed by atoms with Crippen molar-refractivity contribution in [3.63, 3.8) is 0 Å². The van der Waals surface area contributed by atoms with Crippen molar-refractivity contribution >= 4 is 11.9 Å². The minimum absolute atomic E-state index is 0.00444. The van der Waals surface area contributed by atoms with Gasteiger partial charge in [0, 0.05) is 6.54 Å². The van der Waals surface area contributed by atoms with E-state index in [0.717, 1.165) is 0 Å². The molecule has 24 heavy (non-hydrogen) atoms. The van der Waals surface area contributed by atoms with Crippen LogP contribution < -0.4 is 5.32 Å². The second-order valence-electron chi connectivity index (χ2n) is 5.94. The second kappa shape index (κ2) is 7.25. The van der Waals surface area contributed by atoms with Crippen molar-refractivity contribution in [2.75, 3.05) is 6.54 Å². The molecule has 0 bridgehead atoms. The summed E-state index contributed by atoms with van der Waals surface area (Å²) in [5.74, 6) is -2.38. The Morgan fingerprint density at radius 1 is 1.25 bits per heavy atom. The molecule has 2 aromatic rings. The molecule has 0 aliphatic heterocycles. The maximum absolute atomic E-state index is 13.1. The van der Waals surface area contributed by atoms with Gasteiger partial charge in [-0.1, -0.05) is 20.8 Å². The number of carboxylic acids is 1. The van der Waals surface area contributed by atoms with Crippen molar-refractivity contribution in [2.45, 2.75) is 26.7 Å². The fourth-order valence-electron chi connectivity index (χ4n) is 2.30. The number of nitrogens with one attached hydrogen (secondary N) is 1. The molecule has 1 atom stereocenters. The number of carboxylic acid groups (broad SMARTS) is 1. The van der Waals surface area contributed by atoms with Crippen LogP contribution in [0.5, 0.6) is 0 Å². The minimum Gasteiger partial charge on any atom is -0.481 e. The van der Waals surface area contributed by atoms with Crippen molar-refractivity contribution in [2.24, 2.45) is 5.92 Å². The molecule has 0 aliphatic rings. The summed E-state index contributed by atoms with van der Waals surface area (Å²) < 4.78 is 14.7.